The molecule has 5 nitrogen and oxygen atoms in total. The first-order chi connectivity index (χ1) is 11.8. The number of nitrogens with zero attached hydrogens (tertiary/aromatic N) is 4. The lowest BCUT2D eigenvalue weighted by Gasteiger charge is -2.37. The summed E-state index contributed by atoms with van der Waals surface area (Å²) in [5.41, 5.74) is 2.66. The average molecular weight is 322 g/mol. The normalized spacial score (nSPS) is 22.0. The van der Waals surface area contributed by atoms with Gasteiger partial charge in [0.25, 0.3) is 0 Å². The fraction of sp³-hybridized carbons (Fsp3) is 0.474. The van der Waals surface area contributed by atoms with Crippen LogP contribution in [0.3, 0.4) is 0 Å². The minimum Gasteiger partial charge on any atom is -0.377 e. The minimum absolute atomic E-state index is 0.410. The van der Waals surface area contributed by atoms with Crippen molar-refractivity contribution < 1.29 is 4.74 Å². The minimum atomic E-state index is 0.410. The Morgan fingerprint density at radius 3 is 2.79 bits per heavy atom. The van der Waals surface area contributed by atoms with Crippen molar-refractivity contribution in [1.29, 1.82) is 5.26 Å². The van der Waals surface area contributed by atoms with Gasteiger partial charge in [0.2, 0.25) is 0 Å². The van der Waals surface area contributed by atoms with E-state index < -0.39 is 0 Å². The number of hydrogen-bond acceptors (Lipinski definition) is 5. The molecule has 0 radical (unpaired) electrons. The van der Waals surface area contributed by atoms with Gasteiger partial charge >= 0.3 is 0 Å². The number of pyridine rings is 1. The second-order valence-electron chi connectivity index (χ2n) is 6.57. The molecule has 124 valence electrons. The van der Waals surface area contributed by atoms with E-state index in [4.69, 9.17) is 4.74 Å². The molecule has 2 aromatic rings. The Labute approximate surface area is 142 Å². The molecule has 2 aliphatic heterocycles. The van der Waals surface area contributed by atoms with Crippen LogP contribution in [0, 0.1) is 11.3 Å². The SMILES string of the molecule is N#Cc1cnc2ccccc2c1N1CCN(C[C@H]2CCCO2)CC1. The van der Waals surface area contributed by atoms with Crippen LogP contribution in [0.2, 0.25) is 0 Å². The highest BCUT2D eigenvalue weighted by Crippen LogP contribution is 2.30. The van der Waals surface area contributed by atoms with Crippen LogP contribution in [-0.4, -0.2) is 55.3 Å². The van der Waals surface area contributed by atoms with Crippen molar-refractivity contribution in [3.8, 4) is 6.07 Å². The summed E-state index contributed by atoms with van der Waals surface area (Å²) in [4.78, 5) is 9.24. The highest BCUT2D eigenvalue weighted by molar-refractivity contribution is 5.94. The molecular weight excluding hydrogens is 300 g/mol. The fourth-order valence-corrected chi connectivity index (χ4v) is 3.78. The van der Waals surface area contributed by atoms with E-state index >= 15 is 0 Å². The van der Waals surface area contributed by atoms with Gasteiger partial charge in [-0.15, -0.1) is 0 Å². The fourth-order valence-electron chi connectivity index (χ4n) is 3.78. The van der Waals surface area contributed by atoms with Gasteiger partial charge in [0.15, 0.2) is 0 Å². The number of aromatic nitrogens is 1. The first kappa shape index (κ1) is 15.4. The Balaban J connectivity index is 1.53. The third kappa shape index (κ3) is 2.95. The zero-order chi connectivity index (χ0) is 16.4. The van der Waals surface area contributed by atoms with E-state index in [1.807, 2.05) is 18.2 Å². The third-order valence-corrected chi connectivity index (χ3v) is 5.04. The van der Waals surface area contributed by atoms with Gasteiger partial charge in [0.05, 0.1) is 22.9 Å². The second kappa shape index (κ2) is 6.76. The van der Waals surface area contributed by atoms with E-state index in [2.05, 4.69) is 26.9 Å². The topological polar surface area (TPSA) is 52.4 Å². The number of piperazine rings is 1. The molecule has 2 aliphatic rings. The molecule has 4 rings (SSSR count). The summed E-state index contributed by atoms with van der Waals surface area (Å²) in [6.07, 6.45) is 4.50. The molecule has 0 bridgehead atoms. The Morgan fingerprint density at radius 2 is 2.04 bits per heavy atom. The van der Waals surface area contributed by atoms with E-state index in [0.717, 1.165) is 55.9 Å². The summed E-state index contributed by atoms with van der Waals surface area (Å²) in [5, 5.41) is 10.6. The molecule has 0 aliphatic carbocycles. The molecule has 3 heterocycles. The van der Waals surface area contributed by atoms with Crippen molar-refractivity contribution in [2.75, 3.05) is 44.2 Å². The van der Waals surface area contributed by atoms with Gasteiger partial charge in [-0.1, -0.05) is 18.2 Å². The second-order valence-corrected chi connectivity index (χ2v) is 6.57. The molecule has 0 spiro atoms. The van der Waals surface area contributed by atoms with Gasteiger partial charge in [0.1, 0.15) is 6.07 Å². The molecular formula is C19H22N4O. The molecule has 0 unspecified atom stereocenters. The monoisotopic (exact) mass is 322 g/mol. The summed E-state index contributed by atoms with van der Waals surface area (Å²) in [6, 6.07) is 10.4. The van der Waals surface area contributed by atoms with Crippen molar-refractivity contribution in [2.45, 2.75) is 18.9 Å². The molecule has 1 aromatic carbocycles. The molecule has 0 saturated carbocycles. The van der Waals surface area contributed by atoms with Crippen LogP contribution >= 0.6 is 0 Å². The van der Waals surface area contributed by atoms with Crippen LogP contribution in [0.5, 0.6) is 0 Å². The van der Waals surface area contributed by atoms with Crippen molar-refractivity contribution in [2.24, 2.45) is 0 Å². The average Bonchev–Trinajstić information content (AvgIpc) is 3.14. The lowest BCUT2D eigenvalue weighted by atomic mass is 10.1. The largest absolute Gasteiger partial charge is 0.377 e. The molecule has 2 saturated heterocycles. The summed E-state index contributed by atoms with van der Waals surface area (Å²) < 4.78 is 5.75. The van der Waals surface area contributed by atoms with E-state index in [1.54, 1.807) is 6.20 Å². The lowest BCUT2D eigenvalue weighted by Crippen LogP contribution is -2.48. The first-order valence-corrected chi connectivity index (χ1v) is 8.72. The third-order valence-electron chi connectivity index (χ3n) is 5.04. The highest BCUT2D eigenvalue weighted by Gasteiger charge is 2.24. The number of rotatable bonds is 3. The van der Waals surface area contributed by atoms with Crippen LogP contribution in [0.15, 0.2) is 30.5 Å². The van der Waals surface area contributed by atoms with Crippen LogP contribution in [0.1, 0.15) is 18.4 Å². The van der Waals surface area contributed by atoms with Gasteiger partial charge < -0.3 is 9.64 Å². The van der Waals surface area contributed by atoms with Crippen molar-refractivity contribution >= 4 is 16.6 Å². The molecule has 1 atom stereocenters. The smallest absolute Gasteiger partial charge is 0.103 e. The van der Waals surface area contributed by atoms with E-state index in [9.17, 15) is 5.26 Å². The van der Waals surface area contributed by atoms with Gasteiger partial charge in [-0.3, -0.25) is 9.88 Å². The number of fused-ring (bicyclic) bond motifs is 1. The summed E-state index contributed by atoms with van der Waals surface area (Å²) in [5.74, 6) is 0. The standard InChI is InChI=1S/C19H22N4O/c20-12-15-13-21-18-6-2-1-5-17(18)19(15)23-9-7-22(8-10-23)14-16-4-3-11-24-16/h1-2,5-6,13,16H,3-4,7-11,14H2/t16-/m1/s1. The number of hydrogen-bond donors (Lipinski definition) is 0. The Hall–Kier alpha value is -2.16. The lowest BCUT2D eigenvalue weighted by molar-refractivity contribution is 0.0713. The predicted octanol–water partition coefficient (Wildman–Crippen LogP) is 2.41. The maximum Gasteiger partial charge on any atom is 0.103 e. The van der Waals surface area contributed by atoms with Crippen LogP contribution in [0.4, 0.5) is 5.69 Å². The van der Waals surface area contributed by atoms with Gasteiger partial charge in [-0.2, -0.15) is 5.26 Å². The number of para-hydroxylation sites is 1. The summed E-state index contributed by atoms with van der Waals surface area (Å²) in [7, 11) is 0. The molecule has 0 amide bonds. The summed E-state index contributed by atoms with van der Waals surface area (Å²) in [6.45, 7) is 5.86. The zero-order valence-corrected chi connectivity index (χ0v) is 13.8. The van der Waals surface area contributed by atoms with Crippen molar-refractivity contribution in [1.82, 2.24) is 9.88 Å². The van der Waals surface area contributed by atoms with Crippen LogP contribution in [-0.2, 0) is 4.74 Å². The number of anilines is 1. The summed E-state index contributed by atoms with van der Waals surface area (Å²) >= 11 is 0. The van der Waals surface area contributed by atoms with E-state index in [-0.39, 0.29) is 0 Å². The maximum atomic E-state index is 9.51. The van der Waals surface area contributed by atoms with E-state index in [1.165, 1.54) is 12.8 Å². The quantitative estimate of drug-likeness (QED) is 0.868. The zero-order valence-electron chi connectivity index (χ0n) is 13.8. The Morgan fingerprint density at radius 1 is 1.21 bits per heavy atom. The molecule has 1 aromatic heterocycles. The number of benzene rings is 1. The van der Waals surface area contributed by atoms with E-state index in [0.29, 0.717) is 11.7 Å². The van der Waals surface area contributed by atoms with Crippen molar-refractivity contribution in [3.63, 3.8) is 0 Å². The maximum absolute atomic E-state index is 9.51. The highest BCUT2D eigenvalue weighted by atomic mass is 16.5. The first-order valence-electron chi connectivity index (χ1n) is 8.72. The molecule has 5 heteroatoms. The van der Waals surface area contributed by atoms with Gasteiger partial charge in [-0.05, 0) is 18.9 Å². The predicted molar refractivity (Wildman–Crippen MR) is 94.1 cm³/mol. The Kier molecular flexibility index (Phi) is 4.33. The number of nitriles is 1. The molecule has 0 N–H and O–H groups in total. The van der Waals surface area contributed by atoms with Crippen molar-refractivity contribution in [3.05, 3.63) is 36.0 Å². The number of ether oxygens (including phenoxy) is 1. The molecule has 2 fully saturated rings. The van der Waals surface area contributed by atoms with Crippen LogP contribution in [0.25, 0.3) is 10.9 Å². The van der Waals surface area contributed by atoms with Gasteiger partial charge in [-0.25, -0.2) is 0 Å². The van der Waals surface area contributed by atoms with Gasteiger partial charge in [0, 0.05) is 50.9 Å². The molecule has 24 heavy (non-hydrogen) atoms. The van der Waals surface area contributed by atoms with Crippen LogP contribution < -0.4 is 4.90 Å². The Bertz CT molecular complexity index is 756.